The topological polar surface area (TPSA) is 68.0 Å². The molecule has 0 aliphatic rings. The molecule has 0 unspecified atom stereocenters. The molecule has 0 amide bonds. The van der Waals surface area contributed by atoms with Crippen LogP contribution in [0.1, 0.15) is 16.1 Å². The Balaban J connectivity index is 2.53. The van der Waals surface area contributed by atoms with Gasteiger partial charge >= 0.3 is 5.97 Å². The van der Waals surface area contributed by atoms with Crippen molar-refractivity contribution < 1.29 is 14.3 Å². The third kappa shape index (κ3) is 1.99. The number of nitrogens with zero attached hydrogens (tertiary/aromatic N) is 3. The van der Waals surface area contributed by atoms with E-state index < -0.39 is 11.8 Å². The van der Waals surface area contributed by atoms with Gasteiger partial charge < -0.3 is 5.11 Å². The van der Waals surface area contributed by atoms with E-state index in [2.05, 4.69) is 10.3 Å². The maximum absolute atomic E-state index is 13.5. The van der Waals surface area contributed by atoms with Crippen LogP contribution in [-0.2, 0) is 0 Å². The van der Waals surface area contributed by atoms with E-state index in [9.17, 15) is 9.18 Å². The zero-order valence-electron chi connectivity index (χ0n) is 8.69. The van der Waals surface area contributed by atoms with Crippen molar-refractivity contribution in [3.63, 3.8) is 0 Å². The number of hydrogen-bond donors (Lipinski definition) is 1. The Labute approximate surface area is 100 Å². The van der Waals surface area contributed by atoms with Gasteiger partial charge in [-0.1, -0.05) is 16.8 Å². The van der Waals surface area contributed by atoms with Crippen LogP contribution in [0.4, 0.5) is 4.39 Å². The number of hydrogen-bond acceptors (Lipinski definition) is 3. The quantitative estimate of drug-likeness (QED) is 0.892. The van der Waals surface area contributed by atoms with Gasteiger partial charge in [-0.2, -0.15) is 0 Å². The molecule has 5 nitrogen and oxygen atoms in total. The van der Waals surface area contributed by atoms with Gasteiger partial charge in [0.05, 0.1) is 16.9 Å². The van der Waals surface area contributed by atoms with Crippen molar-refractivity contribution in [3.05, 3.63) is 40.4 Å². The predicted molar refractivity (Wildman–Crippen MR) is 58.0 cm³/mol. The zero-order valence-corrected chi connectivity index (χ0v) is 9.44. The van der Waals surface area contributed by atoms with Gasteiger partial charge in [-0.15, -0.1) is 5.10 Å². The fourth-order valence-electron chi connectivity index (χ4n) is 1.37. The molecule has 0 fully saturated rings. The molecule has 2 aromatic rings. The van der Waals surface area contributed by atoms with E-state index in [1.54, 1.807) is 6.07 Å². The summed E-state index contributed by atoms with van der Waals surface area (Å²) in [6, 6.07) is 2.92. The summed E-state index contributed by atoms with van der Waals surface area (Å²) in [5, 5.41) is 15.8. The first-order chi connectivity index (χ1) is 8.00. The maximum Gasteiger partial charge on any atom is 0.358 e. The van der Waals surface area contributed by atoms with E-state index in [1.807, 2.05) is 0 Å². The average Bonchev–Trinajstić information content (AvgIpc) is 2.75. The Bertz CT molecular complexity index is 597. The molecule has 17 heavy (non-hydrogen) atoms. The number of carbonyl (C=O) groups is 1. The summed E-state index contributed by atoms with van der Waals surface area (Å²) in [5.74, 6) is -1.75. The number of aromatic nitrogens is 3. The minimum atomic E-state index is -1.19. The Morgan fingerprint density at radius 1 is 1.53 bits per heavy atom. The molecule has 0 atom stereocenters. The summed E-state index contributed by atoms with van der Waals surface area (Å²) in [7, 11) is 0. The van der Waals surface area contributed by atoms with Crippen molar-refractivity contribution in [2.24, 2.45) is 0 Å². The molecule has 0 spiro atoms. The molecule has 0 saturated heterocycles. The fraction of sp³-hybridized carbons (Fsp3) is 0.100. The SMILES string of the molecule is Cc1c(-n2cc(C(=O)O)nn2)ccc(Cl)c1F. The van der Waals surface area contributed by atoms with Crippen LogP contribution in [0.25, 0.3) is 5.69 Å². The number of carboxylic acids is 1. The molecule has 0 bridgehead atoms. The van der Waals surface area contributed by atoms with E-state index in [0.29, 0.717) is 5.69 Å². The number of benzene rings is 1. The van der Waals surface area contributed by atoms with Gasteiger partial charge in [-0.25, -0.2) is 13.9 Å². The molecule has 1 aromatic heterocycles. The van der Waals surface area contributed by atoms with Gasteiger partial charge in [0.1, 0.15) is 5.82 Å². The van der Waals surface area contributed by atoms with Crippen LogP contribution in [0.3, 0.4) is 0 Å². The lowest BCUT2D eigenvalue weighted by atomic mass is 10.2. The predicted octanol–water partition coefficient (Wildman–Crippen LogP) is 2.07. The lowest BCUT2D eigenvalue weighted by Gasteiger charge is -2.06. The molecular weight excluding hydrogens is 249 g/mol. The Morgan fingerprint density at radius 2 is 2.24 bits per heavy atom. The maximum atomic E-state index is 13.5. The molecule has 1 heterocycles. The second-order valence-corrected chi connectivity index (χ2v) is 3.77. The number of aromatic carboxylic acids is 1. The zero-order chi connectivity index (χ0) is 12.6. The number of halogens is 2. The first-order valence-corrected chi connectivity index (χ1v) is 4.99. The summed E-state index contributed by atoms with van der Waals surface area (Å²) in [5.41, 5.74) is 0.464. The van der Waals surface area contributed by atoms with Gasteiger partial charge in [-0.3, -0.25) is 0 Å². The normalized spacial score (nSPS) is 10.5. The third-order valence-electron chi connectivity index (χ3n) is 2.27. The highest BCUT2D eigenvalue weighted by Crippen LogP contribution is 2.23. The van der Waals surface area contributed by atoms with E-state index in [4.69, 9.17) is 16.7 Å². The van der Waals surface area contributed by atoms with Crippen LogP contribution < -0.4 is 0 Å². The number of carboxylic acid groups (broad SMARTS) is 1. The first kappa shape index (κ1) is 11.5. The van der Waals surface area contributed by atoms with E-state index in [0.717, 1.165) is 0 Å². The molecule has 88 valence electrons. The van der Waals surface area contributed by atoms with Crippen molar-refractivity contribution in [1.82, 2.24) is 15.0 Å². The largest absolute Gasteiger partial charge is 0.476 e. The van der Waals surface area contributed by atoms with Crippen molar-refractivity contribution in [2.45, 2.75) is 6.92 Å². The van der Waals surface area contributed by atoms with Gasteiger partial charge in [0.2, 0.25) is 0 Å². The van der Waals surface area contributed by atoms with E-state index in [-0.39, 0.29) is 16.3 Å². The van der Waals surface area contributed by atoms with Crippen LogP contribution in [0, 0.1) is 12.7 Å². The second-order valence-electron chi connectivity index (χ2n) is 3.36. The molecule has 2 rings (SSSR count). The summed E-state index contributed by atoms with van der Waals surface area (Å²) < 4.78 is 14.7. The van der Waals surface area contributed by atoms with Gasteiger partial charge in [0.25, 0.3) is 0 Å². The highest BCUT2D eigenvalue weighted by molar-refractivity contribution is 6.30. The third-order valence-corrected chi connectivity index (χ3v) is 2.56. The van der Waals surface area contributed by atoms with Gasteiger partial charge in [0, 0.05) is 5.56 Å². The molecule has 1 N–H and O–H groups in total. The van der Waals surface area contributed by atoms with Gasteiger partial charge in [0.15, 0.2) is 5.69 Å². The summed E-state index contributed by atoms with van der Waals surface area (Å²) in [4.78, 5) is 10.6. The Kier molecular flexibility index (Phi) is 2.81. The molecule has 1 aromatic carbocycles. The van der Waals surface area contributed by atoms with Gasteiger partial charge in [-0.05, 0) is 19.1 Å². The average molecular weight is 256 g/mol. The highest BCUT2D eigenvalue weighted by atomic mass is 35.5. The highest BCUT2D eigenvalue weighted by Gasteiger charge is 2.13. The molecular formula is C10H7ClFN3O2. The van der Waals surface area contributed by atoms with Crippen molar-refractivity contribution in [3.8, 4) is 5.69 Å². The van der Waals surface area contributed by atoms with Crippen molar-refractivity contribution >= 4 is 17.6 Å². The second kappa shape index (κ2) is 4.14. The monoisotopic (exact) mass is 255 g/mol. The Morgan fingerprint density at radius 3 is 2.82 bits per heavy atom. The lowest BCUT2D eigenvalue weighted by molar-refractivity contribution is 0.0690. The molecule has 0 radical (unpaired) electrons. The molecule has 0 aliphatic heterocycles. The summed E-state index contributed by atoms with van der Waals surface area (Å²) in [6.45, 7) is 1.53. The van der Waals surface area contributed by atoms with E-state index in [1.165, 1.54) is 23.9 Å². The van der Waals surface area contributed by atoms with Crippen LogP contribution in [0.2, 0.25) is 5.02 Å². The lowest BCUT2D eigenvalue weighted by Crippen LogP contribution is -2.00. The van der Waals surface area contributed by atoms with Crippen molar-refractivity contribution in [1.29, 1.82) is 0 Å². The van der Waals surface area contributed by atoms with Crippen LogP contribution in [-0.4, -0.2) is 26.1 Å². The minimum absolute atomic E-state index is 0.00447. The molecule has 0 saturated carbocycles. The Hall–Kier alpha value is -1.95. The van der Waals surface area contributed by atoms with Crippen molar-refractivity contribution in [2.75, 3.05) is 0 Å². The smallest absolute Gasteiger partial charge is 0.358 e. The first-order valence-electron chi connectivity index (χ1n) is 4.61. The van der Waals surface area contributed by atoms with Crippen LogP contribution in [0.15, 0.2) is 18.3 Å². The summed E-state index contributed by atoms with van der Waals surface area (Å²) >= 11 is 5.61. The standard InChI is InChI=1S/C10H7ClFN3O2/c1-5-8(3-2-6(11)9(5)12)15-4-7(10(16)17)13-14-15/h2-4H,1H3,(H,16,17). The fourth-order valence-corrected chi connectivity index (χ4v) is 1.57. The van der Waals surface area contributed by atoms with Crippen LogP contribution >= 0.6 is 11.6 Å². The van der Waals surface area contributed by atoms with Crippen LogP contribution in [0.5, 0.6) is 0 Å². The summed E-state index contributed by atoms with van der Waals surface area (Å²) in [6.07, 6.45) is 1.21. The minimum Gasteiger partial charge on any atom is -0.476 e. The molecule has 7 heteroatoms. The van der Waals surface area contributed by atoms with E-state index >= 15 is 0 Å². The number of rotatable bonds is 2. The molecule has 0 aliphatic carbocycles.